The molecule has 1 heterocycles. The van der Waals surface area contributed by atoms with E-state index in [1.165, 1.54) is 0 Å². The first-order valence-corrected chi connectivity index (χ1v) is 6.57. The Hall–Kier alpha value is -0.710. The Morgan fingerprint density at radius 2 is 1.67 bits per heavy atom. The number of hydrogen-bond donors (Lipinski definition) is 0. The minimum atomic E-state index is -1.03. The van der Waals surface area contributed by atoms with Crippen molar-refractivity contribution in [2.75, 3.05) is 0 Å². The summed E-state index contributed by atoms with van der Waals surface area (Å²) in [6.07, 6.45) is 0. The van der Waals surface area contributed by atoms with Gasteiger partial charge in [0.25, 0.3) is 0 Å². The van der Waals surface area contributed by atoms with E-state index in [9.17, 15) is 13.2 Å². The lowest BCUT2D eigenvalue weighted by atomic mass is 10.1. The van der Waals surface area contributed by atoms with Crippen molar-refractivity contribution >= 4 is 34.5 Å². The lowest BCUT2D eigenvalue weighted by Crippen LogP contribution is -2.00. The van der Waals surface area contributed by atoms with Crippen molar-refractivity contribution in [2.45, 2.75) is 12.3 Å². The Labute approximate surface area is 116 Å². The highest BCUT2D eigenvalue weighted by Gasteiger charge is 2.23. The summed E-state index contributed by atoms with van der Waals surface area (Å²) in [5.41, 5.74) is 0.418. The van der Waals surface area contributed by atoms with E-state index in [0.717, 1.165) is 16.9 Å². The summed E-state index contributed by atoms with van der Waals surface area (Å²) in [5, 5.41) is -1.03. The minimum Gasteiger partial charge on any atom is -0.207 e. The molecule has 0 bridgehead atoms. The summed E-state index contributed by atoms with van der Waals surface area (Å²) in [4.78, 5) is 0.517. The van der Waals surface area contributed by atoms with Gasteiger partial charge in [0, 0.05) is 22.6 Å². The molecule has 1 aromatic heterocycles. The summed E-state index contributed by atoms with van der Waals surface area (Å²) in [7, 11) is 0. The van der Waals surface area contributed by atoms with Crippen LogP contribution >= 0.6 is 34.5 Å². The molecule has 0 fully saturated rings. The van der Waals surface area contributed by atoms with Crippen LogP contribution in [0.15, 0.2) is 18.2 Å². The second-order valence-electron chi connectivity index (χ2n) is 3.75. The van der Waals surface area contributed by atoms with Gasteiger partial charge in [0.15, 0.2) is 0 Å². The Balaban J connectivity index is 2.49. The van der Waals surface area contributed by atoms with Crippen molar-refractivity contribution in [1.82, 2.24) is 0 Å². The predicted molar refractivity (Wildman–Crippen MR) is 68.1 cm³/mol. The van der Waals surface area contributed by atoms with Gasteiger partial charge in [-0.25, -0.2) is 13.2 Å². The number of alkyl halides is 1. The molecule has 0 aliphatic heterocycles. The van der Waals surface area contributed by atoms with Gasteiger partial charge in [-0.1, -0.05) is 11.6 Å². The number of aryl methyl sites for hydroxylation is 1. The minimum absolute atomic E-state index is 0.365. The summed E-state index contributed by atoms with van der Waals surface area (Å²) in [5.74, 6) is -2.98. The molecule has 0 aliphatic carbocycles. The lowest BCUT2D eigenvalue weighted by molar-refractivity contribution is 0.526. The first kappa shape index (κ1) is 13.7. The van der Waals surface area contributed by atoms with Crippen LogP contribution in [0.2, 0.25) is 4.34 Å². The van der Waals surface area contributed by atoms with E-state index >= 15 is 0 Å². The quantitative estimate of drug-likeness (QED) is 0.646. The van der Waals surface area contributed by atoms with Gasteiger partial charge in [-0.3, -0.25) is 0 Å². The zero-order valence-corrected chi connectivity index (χ0v) is 11.4. The fourth-order valence-corrected chi connectivity index (χ4v) is 3.16. The normalized spacial score (nSPS) is 12.8. The van der Waals surface area contributed by atoms with E-state index in [4.69, 9.17) is 23.2 Å². The Bertz CT molecular complexity index is 552. The highest BCUT2D eigenvalue weighted by molar-refractivity contribution is 7.16. The summed E-state index contributed by atoms with van der Waals surface area (Å²) < 4.78 is 40.4. The molecular formula is C12H7Cl2F3S. The van der Waals surface area contributed by atoms with Crippen LogP contribution in [0.25, 0.3) is 0 Å². The second-order valence-corrected chi connectivity index (χ2v) is 5.87. The third-order valence-corrected chi connectivity index (χ3v) is 4.63. The van der Waals surface area contributed by atoms with Crippen molar-refractivity contribution in [2.24, 2.45) is 0 Å². The average Bonchev–Trinajstić information content (AvgIpc) is 2.57. The average molecular weight is 311 g/mol. The molecular weight excluding hydrogens is 304 g/mol. The molecule has 0 saturated carbocycles. The molecule has 18 heavy (non-hydrogen) atoms. The Morgan fingerprint density at radius 3 is 2.11 bits per heavy atom. The fourth-order valence-electron chi connectivity index (χ4n) is 1.55. The highest BCUT2D eigenvalue weighted by Crippen LogP contribution is 2.39. The molecule has 0 radical (unpaired) electrons. The van der Waals surface area contributed by atoms with Gasteiger partial charge in [0.1, 0.15) is 17.5 Å². The smallest absolute Gasteiger partial charge is 0.134 e. The maximum absolute atomic E-state index is 13.6. The first-order chi connectivity index (χ1) is 8.40. The van der Waals surface area contributed by atoms with Gasteiger partial charge >= 0.3 is 0 Å². The van der Waals surface area contributed by atoms with Crippen molar-refractivity contribution in [1.29, 1.82) is 0 Å². The maximum atomic E-state index is 13.6. The molecule has 1 atom stereocenters. The van der Waals surface area contributed by atoms with Gasteiger partial charge in [-0.2, -0.15) is 0 Å². The SMILES string of the molecule is Cc1cc(C(Cl)c2c(F)cc(F)cc2F)sc1Cl. The second kappa shape index (κ2) is 5.11. The molecule has 0 nitrogen and oxygen atoms in total. The van der Waals surface area contributed by atoms with E-state index in [1.54, 1.807) is 13.0 Å². The number of halogens is 5. The van der Waals surface area contributed by atoms with Crippen LogP contribution in [-0.2, 0) is 0 Å². The number of hydrogen-bond acceptors (Lipinski definition) is 1. The molecule has 6 heteroatoms. The predicted octanol–water partition coefficient (Wildman–Crippen LogP) is 5.46. The summed E-state index contributed by atoms with van der Waals surface area (Å²) in [6, 6.07) is 2.87. The van der Waals surface area contributed by atoms with Crippen LogP contribution in [0, 0.1) is 24.4 Å². The molecule has 2 aromatic rings. The monoisotopic (exact) mass is 310 g/mol. The van der Waals surface area contributed by atoms with Crippen molar-refractivity contribution < 1.29 is 13.2 Å². The molecule has 1 unspecified atom stereocenters. The molecule has 0 spiro atoms. The van der Waals surface area contributed by atoms with Crippen LogP contribution in [0.1, 0.15) is 21.4 Å². The van der Waals surface area contributed by atoms with E-state index in [-0.39, 0.29) is 5.56 Å². The van der Waals surface area contributed by atoms with Crippen LogP contribution in [-0.4, -0.2) is 0 Å². The molecule has 96 valence electrons. The van der Waals surface area contributed by atoms with E-state index in [0.29, 0.717) is 21.3 Å². The van der Waals surface area contributed by atoms with Crippen molar-refractivity contribution in [3.05, 3.63) is 56.0 Å². The lowest BCUT2D eigenvalue weighted by Gasteiger charge is -2.10. The van der Waals surface area contributed by atoms with E-state index < -0.39 is 22.8 Å². The van der Waals surface area contributed by atoms with Crippen LogP contribution in [0.4, 0.5) is 13.2 Å². The van der Waals surface area contributed by atoms with Gasteiger partial charge in [0.2, 0.25) is 0 Å². The third kappa shape index (κ3) is 2.51. The van der Waals surface area contributed by atoms with E-state index in [2.05, 4.69) is 0 Å². The first-order valence-electron chi connectivity index (χ1n) is 4.94. The number of thiophene rings is 1. The fraction of sp³-hybridized carbons (Fsp3) is 0.167. The van der Waals surface area contributed by atoms with Gasteiger partial charge in [-0.05, 0) is 18.6 Å². The van der Waals surface area contributed by atoms with Crippen molar-refractivity contribution in [3.63, 3.8) is 0 Å². The molecule has 0 saturated heterocycles. The van der Waals surface area contributed by atoms with Crippen LogP contribution in [0.5, 0.6) is 0 Å². The standard InChI is InChI=1S/C12H7Cl2F3S/c1-5-2-9(18-12(5)14)11(13)10-7(16)3-6(15)4-8(10)17/h2-4,11H,1H3. The largest absolute Gasteiger partial charge is 0.207 e. The third-order valence-electron chi connectivity index (χ3n) is 2.42. The zero-order chi connectivity index (χ0) is 13.4. The Morgan fingerprint density at radius 1 is 1.11 bits per heavy atom. The van der Waals surface area contributed by atoms with Crippen LogP contribution in [0.3, 0.4) is 0 Å². The summed E-state index contributed by atoms with van der Waals surface area (Å²) in [6.45, 7) is 1.77. The zero-order valence-electron chi connectivity index (χ0n) is 9.11. The molecule has 0 amide bonds. The molecule has 0 aliphatic rings. The van der Waals surface area contributed by atoms with E-state index in [1.807, 2.05) is 0 Å². The highest BCUT2D eigenvalue weighted by atomic mass is 35.5. The molecule has 1 aromatic carbocycles. The van der Waals surface area contributed by atoms with Gasteiger partial charge in [-0.15, -0.1) is 22.9 Å². The van der Waals surface area contributed by atoms with Crippen molar-refractivity contribution in [3.8, 4) is 0 Å². The topological polar surface area (TPSA) is 0 Å². The summed E-state index contributed by atoms with van der Waals surface area (Å²) >= 11 is 13.1. The van der Waals surface area contributed by atoms with Gasteiger partial charge < -0.3 is 0 Å². The number of rotatable bonds is 2. The maximum Gasteiger partial charge on any atom is 0.134 e. The number of benzene rings is 1. The van der Waals surface area contributed by atoms with Gasteiger partial charge in [0.05, 0.1) is 9.71 Å². The Kier molecular flexibility index (Phi) is 3.90. The molecule has 0 N–H and O–H groups in total. The molecule has 2 rings (SSSR count). The van der Waals surface area contributed by atoms with Crippen LogP contribution < -0.4 is 0 Å².